The molecule has 2 aliphatic rings. The van der Waals surface area contributed by atoms with Gasteiger partial charge < -0.3 is 18.9 Å². The van der Waals surface area contributed by atoms with Crippen molar-refractivity contribution in [3.63, 3.8) is 0 Å². The highest BCUT2D eigenvalue weighted by Crippen LogP contribution is 2.30. The molecule has 4 atom stereocenters. The van der Waals surface area contributed by atoms with E-state index in [0.717, 1.165) is 5.56 Å². The maximum Gasteiger partial charge on any atom is 0.331 e. The van der Waals surface area contributed by atoms with Gasteiger partial charge in [-0.05, 0) is 18.6 Å². The molecule has 0 unspecified atom stereocenters. The number of esters is 1. The van der Waals surface area contributed by atoms with E-state index in [-0.39, 0.29) is 30.4 Å². The van der Waals surface area contributed by atoms with E-state index in [1.165, 1.54) is 11.6 Å². The van der Waals surface area contributed by atoms with E-state index < -0.39 is 0 Å². The Hall–Kier alpha value is -1.69. The molecule has 3 rings (SSSR count). The van der Waals surface area contributed by atoms with E-state index in [1.807, 2.05) is 31.2 Å². The van der Waals surface area contributed by atoms with Crippen molar-refractivity contribution in [3.8, 4) is 0 Å². The molecule has 22 heavy (non-hydrogen) atoms. The van der Waals surface area contributed by atoms with E-state index in [2.05, 4.69) is 0 Å². The summed E-state index contributed by atoms with van der Waals surface area (Å²) in [6, 6.07) is 7.91. The number of ether oxygens (including phenoxy) is 4. The van der Waals surface area contributed by atoms with Crippen LogP contribution in [0.1, 0.15) is 11.1 Å². The summed E-state index contributed by atoms with van der Waals surface area (Å²) in [5.41, 5.74) is 2.14. The maximum absolute atomic E-state index is 11.9. The summed E-state index contributed by atoms with van der Waals surface area (Å²) in [5, 5.41) is 0. The Morgan fingerprint density at radius 1 is 1.14 bits per heavy atom. The van der Waals surface area contributed by atoms with Crippen molar-refractivity contribution in [1.29, 1.82) is 0 Å². The molecule has 0 bridgehead atoms. The average Bonchev–Trinajstić information content (AvgIpc) is 3.09. The van der Waals surface area contributed by atoms with Crippen LogP contribution < -0.4 is 0 Å². The fraction of sp³-hybridized carbons (Fsp3) is 0.471. The number of aryl methyl sites for hydroxylation is 1. The van der Waals surface area contributed by atoms with Crippen LogP contribution in [-0.4, -0.2) is 50.7 Å². The molecule has 2 aliphatic heterocycles. The average molecular weight is 304 g/mol. The van der Waals surface area contributed by atoms with E-state index in [1.54, 1.807) is 13.2 Å². The van der Waals surface area contributed by atoms with Crippen molar-refractivity contribution < 1.29 is 23.7 Å². The molecule has 1 aromatic rings. The predicted molar refractivity (Wildman–Crippen MR) is 80.4 cm³/mol. The Labute approximate surface area is 129 Å². The summed E-state index contributed by atoms with van der Waals surface area (Å²) in [6.07, 6.45) is 2.33. The summed E-state index contributed by atoms with van der Waals surface area (Å²) in [4.78, 5) is 11.9. The Morgan fingerprint density at radius 3 is 2.45 bits per heavy atom. The minimum atomic E-state index is -0.390. The second kappa shape index (κ2) is 6.60. The monoisotopic (exact) mass is 304 g/mol. The first-order valence-corrected chi connectivity index (χ1v) is 7.39. The first-order chi connectivity index (χ1) is 10.7. The lowest BCUT2D eigenvalue weighted by atomic mass is 10.1. The zero-order valence-corrected chi connectivity index (χ0v) is 12.7. The molecule has 0 N–H and O–H groups in total. The zero-order valence-electron chi connectivity index (χ0n) is 12.7. The summed E-state index contributed by atoms with van der Waals surface area (Å²) < 4.78 is 22.0. The lowest BCUT2D eigenvalue weighted by Crippen LogP contribution is -2.34. The number of benzene rings is 1. The van der Waals surface area contributed by atoms with Gasteiger partial charge in [-0.1, -0.05) is 29.8 Å². The third-order valence-corrected chi connectivity index (χ3v) is 4.02. The maximum atomic E-state index is 11.9. The van der Waals surface area contributed by atoms with Crippen LogP contribution in [0.4, 0.5) is 0 Å². The molecule has 0 amide bonds. The molecule has 118 valence electrons. The quantitative estimate of drug-likeness (QED) is 0.626. The Bertz CT molecular complexity index is 551. The van der Waals surface area contributed by atoms with Gasteiger partial charge in [0, 0.05) is 13.2 Å². The highest BCUT2D eigenvalue weighted by Gasteiger charge is 2.49. The van der Waals surface area contributed by atoms with Crippen LogP contribution in [0.15, 0.2) is 30.3 Å². The third-order valence-electron chi connectivity index (χ3n) is 4.02. The van der Waals surface area contributed by atoms with Gasteiger partial charge in [0.15, 0.2) is 6.10 Å². The zero-order chi connectivity index (χ0) is 15.5. The van der Waals surface area contributed by atoms with Gasteiger partial charge in [0.05, 0.1) is 13.2 Å². The van der Waals surface area contributed by atoms with Crippen LogP contribution in [0, 0.1) is 6.92 Å². The first-order valence-electron chi connectivity index (χ1n) is 7.39. The van der Waals surface area contributed by atoms with E-state index in [9.17, 15) is 4.79 Å². The van der Waals surface area contributed by atoms with Crippen LogP contribution in [0.5, 0.6) is 0 Å². The number of carbonyl (C=O) groups excluding carboxylic acids is 1. The van der Waals surface area contributed by atoms with Crippen molar-refractivity contribution in [2.24, 2.45) is 0 Å². The number of carbonyl (C=O) groups is 1. The van der Waals surface area contributed by atoms with Gasteiger partial charge in [-0.3, -0.25) is 0 Å². The molecule has 0 aliphatic carbocycles. The molecule has 0 aromatic heterocycles. The number of methoxy groups -OCH3 is 1. The molecule has 5 nitrogen and oxygen atoms in total. The normalized spacial score (nSPS) is 30.6. The summed E-state index contributed by atoms with van der Waals surface area (Å²) in [7, 11) is 1.63. The molecule has 1 aromatic carbocycles. The predicted octanol–water partition coefficient (Wildman–Crippen LogP) is 1.73. The van der Waals surface area contributed by atoms with Gasteiger partial charge in [-0.2, -0.15) is 0 Å². The van der Waals surface area contributed by atoms with Crippen molar-refractivity contribution >= 4 is 12.0 Å². The summed E-state index contributed by atoms with van der Waals surface area (Å²) in [6.45, 7) is 2.84. The van der Waals surface area contributed by atoms with Crippen molar-refractivity contribution in [2.45, 2.75) is 31.3 Å². The molecular formula is C17H20O5. The second-order valence-electron chi connectivity index (χ2n) is 5.59. The molecule has 2 fully saturated rings. The number of hydrogen-bond acceptors (Lipinski definition) is 5. The van der Waals surface area contributed by atoms with Crippen molar-refractivity contribution in [2.75, 3.05) is 20.3 Å². The molecule has 2 heterocycles. The minimum absolute atomic E-state index is 0.0863. The van der Waals surface area contributed by atoms with E-state index >= 15 is 0 Å². The fourth-order valence-electron chi connectivity index (χ4n) is 2.76. The molecule has 5 heteroatoms. The minimum Gasteiger partial charge on any atom is -0.454 e. The molecule has 0 saturated carbocycles. The lowest BCUT2D eigenvalue weighted by Gasteiger charge is -2.15. The van der Waals surface area contributed by atoms with E-state index in [0.29, 0.717) is 13.2 Å². The van der Waals surface area contributed by atoms with Crippen LogP contribution in [0.25, 0.3) is 6.08 Å². The van der Waals surface area contributed by atoms with Gasteiger partial charge in [0.2, 0.25) is 0 Å². The fourth-order valence-corrected chi connectivity index (χ4v) is 2.76. The lowest BCUT2D eigenvalue weighted by molar-refractivity contribution is -0.147. The Kier molecular flexibility index (Phi) is 4.57. The Morgan fingerprint density at radius 2 is 1.77 bits per heavy atom. The van der Waals surface area contributed by atoms with Gasteiger partial charge in [-0.15, -0.1) is 0 Å². The van der Waals surface area contributed by atoms with Crippen LogP contribution in [0.2, 0.25) is 0 Å². The van der Waals surface area contributed by atoms with Gasteiger partial charge >= 0.3 is 5.97 Å². The third kappa shape index (κ3) is 3.21. The van der Waals surface area contributed by atoms with Gasteiger partial charge in [0.25, 0.3) is 0 Å². The standard InChI is InChI=1S/C17H20O5/c1-11-3-5-12(6-4-11)7-8-15(18)22-14-10-21-16-13(19-2)9-20-17(14)16/h3-8,13-14,16-17H,9-10H2,1-2H3/b8-7+/t13-,14-,16-,17-/m1/s1. The molecule has 0 radical (unpaired) electrons. The highest BCUT2D eigenvalue weighted by molar-refractivity contribution is 5.87. The topological polar surface area (TPSA) is 54.0 Å². The largest absolute Gasteiger partial charge is 0.454 e. The number of hydrogen-bond donors (Lipinski definition) is 0. The number of fused-ring (bicyclic) bond motifs is 1. The van der Waals surface area contributed by atoms with Crippen molar-refractivity contribution in [3.05, 3.63) is 41.5 Å². The summed E-state index contributed by atoms with van der Waals surface area (Å²) >= 11 is 0. The highest BCUT2D eigenvalue weighted by atomic mass is 16.6. The molecule has 2 saturated heterocycles. The van der Waals surface area contributed by atoms with Crippen LogP contribution in [-0.2, 0) is 23.7 Å². The SMILES string of the molecule is CO[C@@H]1CO[C@H]2[C@@H]1OC[C@H]2OC(=O)/C=C/c1ccc(C)cc1. The molecule has 0 spiro atoms. The first kappa shape index (κ1) is 15.2. The van der Waals surface area contributed by atoms with Crippen LogP contribution >= 0.6 is 0 Å². The number of rotatable bonds is 4. The smallest absolute Gasteiger partial charge is 0.331 e. The second-order valence-corrected chi connectivity index (χ2v) is 5.59. The van der Waals surface area contributed by atoms with Crippen molar-refractivity contribution in [1.82, 2.24) is 0 Å². The van der Waals surface area contributed by atoms with Gasteiger partial charge in [0.1, 0.15) is 18.3 Å². The van der Waals surface area contributed by atoms with E-state index in [4.69, 9.17) is 18.9 Å². The summed E-state index contributed by atoms with van der Waals surface area (Å²) in [5.74, 6) is -0.390. The van der Waals surface area contributed by atoms with Crippen LogP contribution in [0.3, 0.4) is 0 Å². The van der Waals surface area contributed by atoms with Gasteiger partial charge in [-0.25, -0.2) is 4.79 Å². The molecular weight excluding hydrogens is 284 g/mol. The Balaban J connectivity index is 1.55.